The molecule has 23 heavy (non-hydrogen) atoms. The minimum atomic E-state index is 0.339. The van der Waals surface area contributed by atoms with Gasteiger partial charge in [-0.15, -0.1) is 11.8 Å². The number of rotatable bonds is 6. The molecule has 0 aromatic heterocycles. The van der Waals surface area contributed by atoms with Gasteiger partial charge in [-0.05, 0) is 25.2 Å². The molecule has 0 N–H and O–H groups in total. The zero-order chi connectivity index (χ0) is 16.1. The summed E-state index contributed by atoms with van der Waals surface area (Å²) in [4.78, 5) is 2.34. The second-order valence-electron chi connectivity index (χ2n) is 6.02. The average molecular weight is 321 g/mol. The normalized spacial score (nSPS) is 16.8. The van der Waals surface area contributed by atoms with E-state index in [9.17, 15) is 0 Å². The second-order valence-corrected chi connectivity index (χ2v) is 7.35. The number of hydrogen-bond donors (Lipinski definition) is 0. The lowest BCUT2D eigenvalue weighted by atomic mass is 9.97. The fourth-order valence-electron chi connectivity index (χ4n) is 3.04. The molecule has 118 valence electrons. The van der Waals surface area contributed by atoms with Gasteiger partial charge in [-0.2, -0.15) is 0 Å². The smallest absolute Gasteiger partial charge is 0.0503 e. The molecule has 3 rings (SSSR count). The van der Waals surface area contributed by atoms with Gasteiger partial charge in [0.1, 0.15) is 0 Å². The first-order valence-electron chi connectivity index (χ1n) is 8.02. The first-order valence-corrected chi connectivity index (χ1v) is 8.97. The number of allylic oxidation sites excluding steroid dienone is 2. The van der Waals surface area contributed by atoms with Crippen molar-refractivity contribution >= 4 is 11.8 Å². The van der Waals surface area contributed by atoms with Crippen molar-refractivity contribution in [2.75, 3.05) is 14.1 Å². The summed E-state index contributed by atoms with van der Waals surface area (Å²) in [5.41, 5.74) is 2.75. The summed E-state index contributed by atoms with van der Waals surface area (Å²) in [5, 5.41) is 0.831. The van der Waals surface area contributed by atoms with Gasteiger partial charge < -0.3 is 4.90 Å². The Morgan fingerprint density at radius 2 is 1.30 bits per heavy atom. The molecule has 0 bridgehead atoms. The van der Waals surface area contributed by atoms with Crippen LogP contribution in [0.4, 0.5) is 0 Å². The van der Waals surface area contributed by atoms with Crippen molar-refractivity contribution in [2.45, 2.75) is 16.5 Å². The van der Waals surface area contributed by atoms with E-state index in [4.69, 9.17) is 0 Å². The van der Waals surface area contributed by atoms with E-state index in [-0.39, 0.29) is 0 Å². The van der Waals surface area contributed by atoms with Crippen LogP contribution in [-0.4, -0.2) is 24.2 Å². The minimum Gasteiger partial charge on any atom is -0.301 e. The van der Waals surface area contributed by atoms with E-state index >= 15 is 0 Å². The molecule has 1 nitrogen and oxygen atoms in total. The van der Waals surface area contributed by atoms with E-state index in [1.54, 1.807) is 0 Å². The molecular weight excluding hydrogens is 298 g/mol. The Hall–Kier alpha value is -1.77. The predicted octanol–water partition coefficient (Wildman–Crippen LogP) is 5.26. The molecule has 1 aliphatic carbocycles. The van der Waals surface area contributed by atoms with E-state index in [1.165, 1.54) is 11.1 Å². The number of benzene rings is 2. The van der Waals surface area contributed by atoms with Crippen molar-refractivity contribution in [3.8, 4) is 0 Å². The fourth-order valence-corrected chi connectivity index (χ4v) is 4.61. The summed E-state index contributed by atoms with van der Waals surface area (Å²) in [6.07, 6.45) is 8.84. The van der Waals surface area contributed by atoms with E-state index in [1.807, 2.05) is 11.8 Å². The number of hydrogen-bond acceptors (Lipinski definition) is 2. The molecule has 0 heterocycles. The predicted molar refractivity (Wildman–Crippen MR) is 102 cm³/mol. The second kappa shape index (κ2) is 7.67. The third-order valence-corrected chi connectivity index (χ3v) is 5.58. The molecule has 0 radical (unpaired) electrons. The summed E-state index contributed by atoms with van der Waals surface area (Å²) in [6.45, 7) is 0. The van der Waals surface area contributed by atoms with Crippen LogP contribution in [0.3, 0.4) is 0 Å². The Kier molecular flexibility index (Phi) is 5.37. The Labute approximate surface area is 143 Å². The molecule has 0 saturated heterocycles. The van der Waals surface area contributed by atoms with Crippen molar-refractivity contribution in [1.29, 1.82) is 0 Å². The van der Waals surface area contributed by atoms with Crippen LogP contribution in [0.1, 0.15) is 22.4 Å². The van der Waals surface area contributed by atoms with Gasteiger partial charge in [0.25, 0.3) is 0 Å². The summed E-state index contributed by atoms with van der Waals surface area (Å²) in [5.74, 6) is 0. The largest absolute Gasteiger partial charge is 0.301 e. The highest BCUT2D eigenvalue weighted by atomic mass is 32.2. The molecule has 0 aliphatic heterocycles. The van der Waals surface area contributed by atoms with E-state index in [2.05, 4.69) is 104 Å². The van der Waals surface area contributed by atoms with E-state index in [0.717, 1.165) is 0 Å². The summed E-state index contributed by atoms with van der Waals surface area (Å²) >= 11 is 2.02. The van der Waals surface area contributed by atoms with Gasteiger partial charge >= 0.3 is 0 Å². The van der Waals surface area contributed by atoms with Crippen molar-refractivity contribution in [1.82, 2.24) is 4.90 Å². The lowest BCUT2D eigenvalue weighted by molar-refractivity contribution is 0.293. The quantitative estimate of drug-likeness (QED) is 0.714. The first kappa shape index (κ1) is 16.1. The van der Waals surface area contributed by atoms with Crippen LogP contribution >= 0.6 is 11.8 Å². The van der Waals surface area contributed by atoms with Gasteiger partial charge in [-0.25, -0.2) is 0 Å². The van der Waals surface area contributed by atoms with Crippen LogP contribution in [0, 0.1) is 0 Å². The van der Waals surface area contributed by atoms with Crippen LogP contribution in [0.5, 0.6) is 0 Å². The molecule has 2 aromatic carbocycles. The van der Waals surface area contributed by atoms with Gasteiger partial charge in [0.2, 0.25) is 0 Å². The Morgan fingerprint density at radius 3 is 1.83 bits per heavy atom. The van der Waals surface area contributed by atoms with Crippen molar-refractivity contribution in [3.05, 3.63) is 96.1 Å². The van der Waals surface area contributed by atoms with Gasteiger partial charge in [0, 0.05) is 5.25 Å². The van der Waals surface area contributed by atoms with Crippen LogP contribution in [-0.2, 0) is 0 Å². The maximum atomic E-state index is 2.34. The standard InChI is InChI=1S/C21H23NS/c1-22(2)20(17-11-5-3-6-12-17)21(18-13-7-4-8-14-18)23-19-15-9-10-16-19/h3-16,19-21H,1-2H3/t20-,21+/m0/s1. The van der Waals surface area contributed by atoms with Crippen molar-refractivity contribution in [2.24, 2.45) is 0 Å². The van der Waals surface area contributed by atoms with Gasteiger partial charge in [-0.3, -0.25) is 0 Å². The highest BCUT2D eigenvalue weighted by Gasteiger charge is 2.29. The highest BCUT2D eigenvalue weighted by Crippen LogP contribution is 2.45. The number of likely N-dealkylation sites (N-methyl/N-ethyl adjacent to an activating group) is 1. The lowest BCUT2D eigenvalue weighted by Gasteiger charge is -2.34. The molecule has 1 aliphatic rings. The van der Waals surface area contributed by atoms with E-state index < -0.39 is 0 Å². The van der Waals surface area contributed by atoms with Gasteiger partial charge in [-0.1, -0.05) is 85.0 Å². The van der Waals surface area contributed by atoms with Crippen LogP contribution in [0.25, 0.3) is 0 Å². The molecule has 0 saturated carbocycles. The van der Waals surface area contributed by atoms with Crippen molar-refractivity contribution in [3.63, 3.8) is 0 Å². The highest BCUT2D eigenvalue weighted by molar-refractivity contribution is 8.00. The Morgan fingerprint density at radius 1 is 0.783 bits per heavy atom. The molecule has 0 fully saturated rings. The zero-order valence-corrected chi connectivity index (χ0v) is 14.5. The van der Waals surface area contributed by atoms with E-state index in [0.29, 0.717) is 16.5 Å². The Bertz CT molecular complexity index is 649. The van der Waals surface area contributed by atoms with Crippen LogP contribution in [0.2, 0.25) is 0 Å². The zero-order valence-electron chi connectivity index (χ0n) is 13.7. The van der Waals surface area contributed by atoms with Gasteiger partial charge in [0.05, 0.1) is 11.3 Å². The summed E-state index contributed by atoms with van der Waals surface area (Å²) < 4.78 is 0. The van der Waals surface area contributed by atoms with Crippen LogP contribution < -0.4 is 0 Å². The van der Waals surface area contributed by atoms with Gasteiger partial charge in [0.15, 0.2) is 0 Å². The Balaban J connectivity index is 1.97. The maximum absolute atomic E-state index is 2.34. The minimum absolute atomic E-state index is 0.339. The lowest BCUT2D eigenvalue weighted by Crippen LogP contribution is -2.25. The molecule has 2 atom stereocenters. The molecule has 0 amide bonds. The average Bonchev–Trinajstić information content (AvgIpc) is 3.09. The monoisotopic (exact) mass is 321 g/mol. The van der Waals surface area contributed by atoms with Crippen molar-refractivity contribution < 1.29 is 0 Å². The molecule has 0 unspecified atom stereocenters. The maximum Gasteiger partial charge on any atom is 0.0503 e. The number of nitrogens with zero attached hydrogens (tertiary/aromatic N) is 1. The summed E-state index contributed by atoms with van der Waals surface area (Å²) in [7, 11) is 4.35. The van der Waals surface area contributed by atoms with Crippen LogP contribution in [0.15, 0.2) is 85.0 Å². The molecule has 2 aromatic rings. The first-order chi connectivity index (χ1) is 11.3. The topological polar surface area (TPSA) is 3.24 Å². The fraction of sp³-hybridized carbons (Fsp3) is 0.238. The molecule has 0 spiro atoms. The summed E-state index contributed by atoms with van der Waals surface area (Å²) in [6, 6.07) is 22.0. The third kappa shape index (κ3) is 3.95. The molecular formula is C21H23NS. The number of thioether (sulfide) groups is 1. The third-order valence-electron chi connectivity index (χ3n) is 4.13. The SMILES string of the molecule is CN(C)[C@@H](c1ccccc1)[C@H](SC1C=CC=C1)c1ccccc1. The molecule has 2 heteroatoms.